The Balaban J connectivity index is 2.47. The maximum atomic E-state index is 6.10. The summed E-state index contributed by atoms with van der Waals surface area (Å²) in [6.45, 7) is 0. The molecule has 0 atom stereocenters. The van der Waals surface area contributed by atoms with Crippen molar-refractivity contribution in [2.24, 2.45) is 0 Å². The van der Waals surface area contributed by atoms with E-state index in [1.54, 1.807) is 19.4 Å². The summed E-state index contributed by atoms with van der Waals surface area (Å²) in [7, 11) is 1.65. The van der Waals surface area contributed by atoms with Gasteiger partial charge >= 0.3 is 0 Å². The van der Waals surface area contributed by atoms with Gasteiger partial charge in [0, 0.05) is 17.1 Å². The Morgan fingerprint density at radius 1 is 1.31 bits per heavy atom. The quantitative estimate of drug-likeness (QED) is 0.699. The first-order chi connectivity index (χ1) is 7.79. The van der Waals surface area contributed by atoms with Crippen molar-refractivity contribution in [3.63, 3.8) is 0 Å². The number of fused-ring (bicyclic) bond motifs is 3. The highest BCUT2D eigenvalue weighted by atomic mass is 35.5. The zero-order valence-electron chi connectivity index (χ0n) is 8.62. The van der Waals surface area contributed by atoms with Crippen molar-refractivity contribution in [1.82, 2.24) is 9.97 Å². The first-order valence-electron chi connectivity index (χ1n) is 4.89. The second-order valence-electron chi connectivity index (χ2n) is 3.55. The molecule has 16 heavy (non-hydrogen) atoms. The Morgan fingerprint density at radius 2 is 2.19 bits per heavy atom. The average Bonchev–Trinajstić information content (AvgIpc) is 2.68. The lowest BCUT2D eigenvalue weighted by Crippen LogP contribution is -1.81. The molecule has 0 aliphatic rings. The number of nitrogens with zero attached hydrogens (tertiary/aromatic N) is 1. The van der Waals surface area contributed by atoms with E-state index < -0.39 is 0 Å². The number of aromatic nitrogens is 2. The van der Waals surface area contributed by atoms with Crippen molar-refractivity contribution in [1.29, 1.82) is 0 Å². The molecule has 0 saturated heterocycles. The van der Waals surface area contributed by atoms with Crippen LogP contribution < -0.4 is 4.74 Å². The smallest absolute Gasteiger partial charge is 0.119 e. The molecular weight excluding hydrogens is 224 g/mol. The number of rotatable bonds is 1. The van der Waals surface area contributed by atoms with Crippen molar-refractivity contribution in [3.05, 3.63) is 35.5 Å². The average molecular weight is 233 g/mol. The third-order valence-corrected chi connectivity index (χ3v) is 2.96. The van der Waals surface area contributed by atoms with Gasteiger partial charge in [0.05, 0.1) is 23.2 Å². The van der Waals surface area contributed by atoms with Gasteiger partial charge in [-0.2, -0.15) is 0 Å². The lowest BCUT2D eigenvalue weighted by molar-refractivity contribution is 0.415. The predicted molar refractivity (Wildman–Crippen MR) is 65.2 cm³/mol. The zero-order chi connectivity index (χ0) is 11.1. The van der Waals surface area contributed by atoms with Gasteiger partial charge in [0.2, 0.25) is 0 Å². The number of hydrogen-bond acceptors (Lipinski definition) is 2. The number of aromatic amines is 1. The van der Waals surface area contributed by atoms with Crippen LogP contribution in [0.2, 0.25) is 5.02 Å². The Hall–Kier alpha value is -1.74. The van der Waals surface area contributed by atoms with Crippen LogP contribution in [-0.4, -0.2) is 17.1 Å². The molecule has 3 aromatic rings. The number of halogens is 1. The minimum Gasteiger partial charge on any atom is -0.497 e. The van der Waals surface area contributed by atoms with E-state index in [1.165, 1.54) is 0 Å². The molecule has 0 unspecified atom stereocenters. The molecule has 4 heteroatoms. The molecule has 0 amide bonds. The second-order valence-corrected chi connectivity index (χ2v) is 3.96. The SMILES string of the molecule is COc1ccc2[nH]c3c(Cl)ccnc3c2c1. The highest BCUT2D eigenvalue weighted by Gasteiger charge is 2.08. The van der Waals surface area contributed by atoms with Crippen LogP contribution in [0.3, 0.4) is 0 Å². The van der Waals surface area contributed by atoms with Gasteiger partial charge < -0.3 is 9.72 Å². The fourth-order valence-electron chi connectivity index (χ4n) is 1.85. The molecule has 0 aliphatic carbocycles. The highest BCUT2D eigenvalue weighted by Crippen LogP contribution is 2.30. The molecule has 2 aromatic heterocycles. The lowest BCUT2D eigenvalue weighted by atomic mass is 10.2. The number of ether oxygens (including phenoxy) is 1. The molecule has 2 heterocycles. The second kappa shape index (κ2) is 3.39. The summed E-state index contributed by atoms with van der Waals surface area (Å²) >= 11 is 6.10. The fourth-order valence-corrected chi connectivity index (χ4v) is 2.04. The molecule has 3 rings (SSSR count). The van der Waals surface area contributed by atoms with E-state index in [2.05, 4.69) is 9.97 Å². The van der Waals surface area contributed by atoms with Crippen LogP contribution in [0.25, 0.3) is 21.9 Å². The normalized spacial score (nSPS) is 11.1. The van der Waals surface area contributed by atoms with E-state index in [0.717, 1.165) is 27.7 Å². The van der Waals surface area contributed by atoms with E-state index in [1.807, 2.05) is 18.2 Å². The van der Waals surface area contributed by atoms with Gasteiger partial charge in [0.15, 0.2) is 0 Å². The summed E-state index contributed by atoms with van der Waals surface area (Å²) in [6, 6.07) is 7.60. The van der Waals surface area contributed by atoms with Crippen molar-refractivity contribution in [2.75, 3.05) is 7.11 Å². The monoisotopic (exact) mass is 232 g/mol. The fraction of sp³-hybridized carbons (Fsp3) is 0.0833. The molecule has 0 saturated carbocycles. The third-order valence-electron chi connectivity index (χ3n) is 2.64. The molecule has 0 bridgehead atoms. The molecule has 3 nitrogen and oxygen atoms in total. The van der Waals surface area contributed by atoms with Crippen LogP contribution in [0.15, 0.2) is 30.5 Å². The maximum absolute atomic E-state index is 6.10. The maximum Gasteiger partial charge on any atom is 0.119 e. The van der Waals surface area contributed by atoms with E-state index in [4.69, 9.17) is 16.3 Å². The van der Waals surface area contributed by atoms with E-state index >= 15 is 0 Å². The Labute approximate surface area is 97.0 Å². The minimum atomic E-state index is 0.681. The van der Waals surface area contributed by atoms with E-state index in [-0.39, 0.29) is 0 Å². The Morgan fingerprint density at radius 3 is 3.00 bits per heavy atom. The molecule has 1 N–H and O–H groups in total. The van der Waals surface area contributed by atoms with Crippen molar-refractivity contribution < 1.29 is 4.74 Å². The van der Waals surface area contributed by atoms with Crippen LogP contribution >= 0.6 is 11.6 Å². The number of nitrogens with one attached hydrogen (secondary N) is 1. The summed E-state index contributed by atoms with van der Waals surface area (Å²) in [5.74, 6) is 0.815. The van der Waals surface area contributed by atoms with E-state index in [0.29, 0.717) is 5.02 Å². The highest BCUT2D eigenvalue weighted by molar-refractivity contribution is 6.35. The summed E-state index contributed by atoms with van der Waals surface area (Å²) in [5.41, 5.74) is 2.75. The summed E-state index contributed by atoms with van der Waals surface area (Å²) in [5, 5.41) is 1.71. The van der Waals surface area contributed by atoms with Gasteiger partial charge in [-0.1, -0.05) is 11.6 Å². The van der Waals surface area contributed by atoms with Gasteiger partial charge in [0.25, 0.3) is 0 Å². The predicted octanol–water partition coefficient (Wildman–Crippen LogP) is 3.38. The standard InChI is InChI=1S/C12H9ClN2O/c1-16-7-2-3-10-8(6-7)11-12(15-10)9(13)4-5-14-11/h2-6,15H,1H3. The van der Waals surface area contributed by atoms with Crippen molar-refractivity contribution in [2.45, 2.75) is 0 Å². The summed E-state index contributed by atoms with van der Waals surface area (Å²) in [4.78, 5) is 7.58. The minimum absolute atomic E-state index is 0.681. The van der Waals surface area contributed by atoms with Gasteiger partial charge in [-0.25, -0.2) is 0 Å². The molecular formula is C12H9ClN2O. The molecule has 0 radical (unpaired) electrons. The first kappa shape index (κ1) is 9.48. The zero-order valence-corrected chi connectivity index (χ0v) is 9.38. The molecule has 0 aliphatic heterocycles. The van der Waals surface area contributed by atoms with Crippen molar-refractivity contribution in [3.8, 4) is 5.75 Å². The topological polar surface area (TPSA) is 37.9 Å². The number of H-pyrrole nitrogens is 1. The lowest BCUT2D eigenvalue weighted by Gasteiger charge is -1.98. The van der Waals surface area contributed by atoms with Crippen molar-refractivity contribution >= 4 is 33.5 Å². The number of benzene rings is 1. The Bertz CT molecular complexity index is 675. The van der Waals surface area contributed by atoms with Crippen LogP contribution in [0.4, 0.5) is 0 Å². The van der Waals surface area contributed by atoms with Gasteiger partial charge in [-0.3, -0.25) is 4.98 Å². The van der Waals surface area contributed by atoms with E-state index in [9.17, 15) is 0 Å². The van der Waals surface area contributed by atoms with Gasteiger partial charge in [-0.15, -0.1) is 0 Å². The number of methoxy groups -OCH3 is 1. The number of hydrogen-bond donors (Lipinski definition) is 1. The molecule has 80 valence electrons. The molecule has 1 aromatic carbocycles. The van der Waals surface area contributed by atoms with Gasteiger partial charge in [-0.05, 0) is 24.3 Å². The molecule has 0 spiro atoms. The Kier molecular flexibility index (Phi) is 2.01. The first-order valence-corrected chi connectivity index (χ1v) is 5.27. The summed E-state index contributed by atoms with van der Waals surface area (Å²) in [6.07, 6.45) is 1.71. The van der Waals surface area contributed by atoms with Gasteiger partial charge in [0.1, 0.15) is 5.75 Å². The van der Waals surface area contributed by atoms with Crippen LogP contribution in [0, 0.1) is 0 Å². The number of pyridine rings is 1. The summed E-state index contributed by atoms with van der Waals surface area (Å²) < 4.78 is 5.20. The van der Waals surface area contributed by atoms with Crippen LogP contribution in [0.5, 0.6) is 5.75 Å². The van der Waals surface area contributed by atoms with Crippen LogP contribution in [-0.2, 0) is 0 Å². The largest absolute Gasteiger partial charge is 0.497 e. The third kappa shape index (κ3) is 1.25. The molecule has 0 fully saturated rings. The van der Waals surface area contributed by atoms with Crippen LogP contribution in [0.1, 0.15) is 0 Å².